The molecule has 1 amide bonds. The van der Waals surface area contributed by atoms with E-state index in [1.54, 1.807) is 4.57 Å². The molecular weight excluding hydrogens is 370 g/mol. The van der Waals surface area contributed by atoms with Gasteiger partial charge in [-0.25, -0.2) is 4.98 Å². The van der Waals surface area contributed by atoms with Gasteiger partial charge in [-0.3, -0.25) is 14.2 Å². The summed E-state index contributed by atoms with van der Waals surface area (Å²) in [4.78, 5) is 30.3. The fraction of sp³-hybridized carbons (Fsp3) is 0.591. The summed E-state index contributed by atoms with van der Waals surface area (Å²) in [7, 11) is 0. The first kappa shape index (κ1) is 20.9. The van der Waals surface area contributed by atoms with Gasteiger partial charge in [0.05, 0.1) is 16.7 Å². The molecule has 0 spiro atoms. The monoisotopic (exact) mass is 401 g/mol. The molecule has 1 heterocycles. The molecule has 0 saturated heterocycles. The number of amides is 1. The Balaban J connectivity index is 1.78. The SMILES string of the molecule is CC[C@H](C)n1c(SCC(=O)N[C@H]2CCC[C@H](C)[C@@H]2C)nc2ccccc2c1=O. The number of hydrogen-bond acceptors (Lipinski definition) is 4. The Hall–Kier alpha value is -1.82. The van der Waals surface area contributed by atoms with Gasteiger partial charge < -0.3 is 5.32 Å². The Kier molecular flexibility index (Phi) is 6.81. The van der Waals surface area contributed by atoms with Crippen molar-refractivity contribution in [3.8, 4) is 0 Å². The maximum absolute atomic E-state index is 13.0. The van der Waals surface area contributed by atoms with Crippen molar-refractivity contribution in [1.82, 2.24) is 14.9 Å². The maximum Gasteiger partial charge on any atom is 0.262 e. The largest absolute Gasteiger partial charge is 0.352 e. The number of fused-ring (bicyclic) bond motifs is 1. The Morgan fingerprint density at radius 3 is 2.82 bits per heavy atom. The Morgan fingerprint density at radius 2 is 2.07 bits per heavy atom. The summed E-state index contributed by atoms with van der Waals surface area (Å²) in [6.07, 6.45) is 4.29. The zero-order valence-corrected chi connectivity index (χ0v) is 18.1. The van der Waals surface area contributed by atoms with Crippen molar-refractivity contribution >= 4 is 28.6 Å². The van der Waals surface area contributed by atoms with Gasteiger partial charge in [-0.1, -0.05) is 57.5 Å². The number of hydrogen-bond donors (Lipinski definition) is 1. The smallest absolute Gasteiger partial charge is 0.262 e. The first-order chi connectivity index (χ1) is 13.4. The fourth-order valence-electron chi connectivity index (χ4n) is 3.96. The van der Waals surface area contributed by atoms with Crippen molar-refractivity contribution in [1.29, 1.82) is 0 Å². The van der Waals surface area contributed by atoms with Gasteiger partial charge in [-0.05, 0) is 43.7 Å². The lowest BCUT2D eigenvalue weighted by Gasteiger charge is -2.34. The van der Waals surface area contributed by atoms with E-state index in [-0.39, 0.29) is 29.3 Å². The predicted molar refractivity (Wildman–Crippen MR) is 116 cm³/mol. The second kappa shape index (κ2) is 9.12. The second-order valence-corrected chi connectivity index (χ2v) is 9.02. The molecule has 0 bridgehead atoms. The van der Waals surface area contributed by atoms with Crippen molar-refractivity contribution in [3.63, 3.8) is 0 Å². The fourth-order valence-corrected chi connectivity index (χ4v) is 4.87. The van der Waals surface area contributed by atoms with Gasteiger partial charge >= 0.3 is 0 Å². The summed E-state index contributed by atoms with van der Waals surface area (Å²) in [6.45, 7) is 8.57. The molecule has 4 atom stereocenters. The minimum absolute atomic E-state index is 0.0223. The van der Waals surface area contributed by atoms with E-state index in [2.05, 4.69) is 26.1 Å². The average molecular weight is 402 g/mol. The molecule has 28 heavy (non-hydrogen) atoms. The van der Waals surface area contributed by atoms with Crippen LogP contribution < -0.4 is 10.9 Å². The van der Waals surface area contributed by atoms with Crippen LogP contribution in [0.1, 0.15) is 59.4 Å². The van der Waals surface area contributed by atoms with Crippen LogP contribution >= 0.6 is 11.8 Å². The highest BCUT2D eigenvalue weighted by Gasteiger charge is 2.28. The lowest BCUT2D eigenvalue weighted by atomic mass is 9.78. The van der Waals surface area contributed by atoms with Crippen LogP contribution in [0.3, 0.4) is 0 Å². The lowest BCUT2D eigenvalue weighted by molar-refractivity contribution is -0.120. The third-order valence-electron chi connectivity index (χ3n) is 6.19. The highest BCUT2D eigenvalue weighted by molar-refractivity contribution is 7.99. The minimum atomic E-state index is -0.0300. The molecule has 1 saturated carbocycles. The van der Waals surface area contributed by atoms with E-state index >= 15 is 0 Å². The standard InChI is InChI=1S/C22H31N3O2S/c1-5-15(3)25-21(27)17-10-6-7-11-19(17)24-22(25)28-13-20(26)23-18-12-8-9-14(2)16(18)4/h6-7,10-11,14-16,18H,5,8-9,12-13H2,1-4H3,(H,23,26)/t14-,15-,16-,18-/m0/s1. The van der Waals surface area contributed by atoms with E-state index in [0.717, 1.165) is 12.8 Å². The van der Waals surface area contributed by atoms with Gasteiger partial charge in [0.1, 0.15) is 0 Å². The third-order valence-corrected chi connectivity index (χ3v) is 7.15. The average Bonchev–Trinajstić information content (AvgIpc) is 2.69. The molecule has 1 aromatic carbocycles. The molecular formula is C22H31N3O2S. The van der Waals surface area contributed by atoms with Crippen molar-refractivity contribution in [2.45, 2.75) is 70.6 Å². The van der Waals surface area contributed by atoms with Crippen LogP contribution in [0.15, 0.2) is 34.2 Å². The number of thioether (sulfide) groups is 1. The molecule has 5 nitrogen and oxygen atoms in total. The van der Waals surface area contributed by atoms with E-state index in [0.29, 0.717) is 27.9 Å². The summed E-state index contributed by atoms with van der Waals surface area (Å²) in [6, 6.07) is 7.70. The molecule has 6 heteroatoms. The topological polar surface area (TPSA) is 64.0 Å². The Morgan fingerprint density at radius 1 is 1.32 bits per heavy atom. The number of rotatable bonds is 6. The van der Waals surface area contributed by atoms with E-state index in [9.17, 15) is 9.59 Å². The van der Waals surface area contributed by atoms with Crippen LogP contribution in [0.5, 0.6) is 0 Å². The molecule has 0 aliphatic heterocycles. The maximum atomic E-state index is 13.0. The lowest BCUT2D eigenvalue weighted by Crippen LogP contribution is -2.44. The van der Waals surface area contributed by atoms with Gasteiger partial charge in [-0.15, -0.1) is 0 Å². The van der Waals surface area contributed by atoms with Crippen molar-refractivity contribution in [2.24, 2.45) is 11.8 Å². The van der Waals surface area contributed by atoms with E-state index in [1.165, 1.54) is 24.6 Å². The summed E-state index contributed by atoms with van der Waals surface area (Å²) < 4.78 is 1.74. The highest BCUT2D eigenvalue weighted by atomic mass is 32.2. The molecule has 3 rings (SSSR count). The van der Waals surface area contributed by atoms with Crippen LogP contribution in [0.4, 0.5) is 0 Å². The highest BCUT2D eigenvalue weighted by Crippen LogP contribution is 2.29. The summed E-state index contributed by atoms with van der Waals surface area (Å²) in [5, 5.41) is 4.46. The Bertz CT molecular complexity index is 895. The van der Waals surface area contributed by atoms with Gasteiger partial charge in [0.25, 0.3) is 5.56 Å². The van der Waals surface area contributed by atoms with Gasteiger partial charge in [-0.2, -0.15) is 0 Å². The number of nitrogens with one attached hydrogen (secondary N) is 1. The van der Waals surface area contributed by atoms with Crippen molar-refractivity contribution < 1.29 is 4.79 Å². The minimum Gasteiger partial charge on any atom is -0.352 e. The Labute approximate surface area is 171 Å². The molecule has 1 N–H and O–H groups in total. The quantitative estimate of drug-likeness (QED) is 0.576. The van der Waals surface area contributed by atoms with E-state index in [4.69, 9.17) is 4.98 Å². The van der Waals surface area contributed by atoms with Gasteiger partial charge in [0.15, 0.2) is 5.16 Å². The molecule has 0 unspecified atom stereocenters. The predicted octanol–water partition coefficient (Wildman–Crippen LogP) is 4.40. The van der Waals surface area contributed by atoms with Gasteiger partial charge in [0, 0.05) is 12.1 Å². The number of nitrogens with zero attached hydrogens (tertiary/aromatic N) is 2. The zero-order chi connectivity index (χ0) is 20.3. The van der Waals surface area contributed by atoms with E-state index < -0.39 is 0 Å². The van der Waals surface area contributed by atoms with Crippen LogP contribution in [-0.4, -0.2) is 27.3 Å². The zero-order valence-electron chi connectivity index (χ0n) is 17.3. The van der Waals surface area contributed by atoms with E-state index in [1.807, 2.05) is 31.2 Å². The first-order valence-electron chi connectivity index (χ1n) is 10.4. The number of carbonyl (C=O) groups excluding carboxylic acids is 1. The molecule has 1 aliphatic carbocycles. The van der Waals surface area contributed by atoms with Crippen molar-refractivity contribution in [2.75, 3.05) is 5.75 Å². The van der Waals surface area contributed by atoms with Crippen LogP contribution in [0.25, 0.3) is 10.9 Å². The molecule has 2 aromatic rings. The summed E-state index contributed by atoms with van der Waals surface area (Å²) in [5.41, 5.74) is 0.655. The normalized spacial score (nSPS) is 23.5. The van der Waals surface area contributed by atoms with Crippen molar-refractivity contribution in [3.05, 3.63) is 34.6 Å². The summed E-state index contributed by atoms with van der Waals surface area (Å²) in [5.74, 6) is 1.44. The third kappa shape index (κ3) is 4.43. The second-order valence-electron chi connectivity index (χ2n) is 8.07. The number of carbonyl (C=O) groups is 1. The van der Waals surface area contributed by atoms with Crippen LogP contribution in [0, 0.1) is 11.8 Å². The first-order valence-corrected chi connectivity index (χ1v) is 11.3. The molecule has 1 aromatic heterocycles. The molecule has 1 aliphatic rings. The van der Waals surface area contributed by atoms with Crippen LogP contribution in [-0.2, 0) is 4.79 Å². The number of aromatic nitrogens is 2. The molecule has 1 fully saturated rings. The number of benzene rings is 1. The number of para-hydroxylation sites is 1. The molecule has 152 valence electrons. The summed E-state index contributed by atoms with van der Waals surface area (Å²) >= 11 is 1.36. The van der Waals surface area contributed by atoms with Gasteiger partial charge in [0.2, 0.25) is 5.91 Å². The van der Waals surface area contributed by atoms with Crippen LogP contribution in [0.2, 0.25) is 0 Å². The molecule has 0 radical (unpaired) electrons.